The molecule has 1 atom stereocenters. The molecule has 2 fully saturated rings. The van der Waals surface area contributed by atoms with Gasteiger partial charge in [-0.1, -0.05) is 0 Å². The van der Waals surface area contributed by atoms with E-state index in [-0.39, 0.29) is 29.9 Å². The number of carbonyl (C=O) groups excluding carboxylic acids is 2. The molecule has 2 aliphatic rings. The van der Waals surface area contributed by atoms with E-state index in [9.17, 15) is 18.0 Å². The van der Waals surface area contributed by atoms with Crippen LogP contribution in [0.3, 0.4) is 0 Å². The highest BCUT2D eigenvalue weighted by Crippen LogP contribution is 2.19. The van der Waals surface area contributed by atoms with Gasteiger partial charge in [-0.25, -0.2) is 13.2 Å². The number of nitrogens with one attached hydrogen (secondary N) is 1. The Morgan fingerprint density at radius 2 is 2.07 bits per heavy atom. The average molecular weight is 232 g/mol. The van der Waals surface area contributed by atoms with Crippen LogP contribution in [0.4, 0.5) is 4.79 Å². The van der Waals surface area contributed by atoms with E-state index in [0.29, 0.717) is 13.0 Å². The van der Waals surface area contributed by atoms with Gasteiger partial charge in [0.2, 0.25) is 5.91 Å². The summed E-state index contributed by atoms with van der Waals surface area (Å²) in [6, 6.07) is -0.726. The number of nitrogens with zero attached hydrogens (tertiary/aromatic N) is 1. The molecule has 0 aromatic heterocycles. The molecule has 0 radical (unpaired) electrons. The molecule has 0 saturated carbocycles. The van der Waals surface area contributed by atoms with Gasteiger partial charge in [0.25, 0.3) is 0 Å². The van der Waals surface area contributed by atoms with E-state index in [1.54, 1.807) is 0 Å². The third-order valence-electron chi connectivity index (χ3n) is 2.74. The van der Waals surface area contributed by atoms with Crippen molar-refractivity contribution < 1.29 is 18.0 Å². The van der Waals surface area contributed by atoms with Crippen molar-refractivity contribution in [3.63, 3.8) is 0 Å². The fraction of sp³-hybridized carbons (Fsp3) is 0.750. The number of urea groups is 1. The monoisotopic (exact) mass is 232 g/mol. The molecule has 1 unspecified atom stereocenters. The number of imide groups is 1. The van der Waals surface area contributed by atoms with Crippen LogP contribution in [0.25, 0.3) is 0 Å². The van der Waals surface area contributed by atoms with E-state index in [1.807, 2.05) is 0 Å². The number of carbonyl (C=O) groups is 2. The van der Waals surface area contributed by atoms with Crippen molar-refractivity contribution in [2.75, 3.05) is 18.1 Å². The van der Waals surface area contributed by atoms with Crippen molar-refractivity contribution in [2.45, 2.75) is 18.9 Å². The lowest BCUT2D eigenvalue weighted by molar-refractivity contribution is -0.121. The fourth-order valence-electron chi connectivity index (χ4n) is 1.95. The summed E-state index contributed by atoms with van der Waals surface area (Å²) in [5.74, 6) is -0.138. The molecule has 0 aliphatic carbocycles. The smallest absolute Gasteiger partial charge is 0.320 e. The Labute approximate surface area is 87.5 Å². The van der Waals surface area contributed by atoms with Crippen LogP contribution >= 0.6 is 0 Å². The molecule has 1 N–H and O–H groups in total. The summed E-state index contributed by atoms with van der Waals surface area (Å²) in [6.45, 7) is 0.324. The summed E-state index contributed by atoms with van der Waals surface area (Å²) in [5, 5.41) is 2.19. The van der Waals surface area contributed by atoms with E-state index >= 15 is 0 Å². The van der Waals surface area contributed by atoms with Crippen molar-refractivity contribution in [3.8, 4) is 0 Å². The second-order valence-electron chi connectivity index (χ2n) is 3.85. The second kappa shape index (κ2) is 3.48. The van der Waals surface area contributed by atoms with Crippen molar-refractivity contribution in [2.24, 2.45) is 0 Å². The second-order valence-corrected chi connectivity index (χ2v) is 6.08. The predicted molar refractivity (Wildman–Crippen MR) is 51.9 cm³/mol. The Bertz CT molecular complexity index is 403. The summed E-state index contributed by atoms with van der Waals surface area (Å²) < 4.78 is 22.5. The highest BCUT2D eigenvalue weighted by Gasteiger charge is 2.36. The molecular weight excluding hydrogens is 220 g/mol. The lowest BCUT2D eigenvalue weighted by Crippen LogP contribution is -2.53. The van der Waals surface area contributed by atoms with Crippen LogP contribution < -0.4 is 5.32 Å². The molecule has 84 valence electrons. The van der Waals surface area contributed by atoms with Crippen LogP contribution in [-0.4, -0.2) is 49.3 Å². The maximum absolute atomic E-state index is 11.4. The van der Waals surface area contributed by atoms with Gasteiger partial charge in [-0.05, 0) is 6.42 Å². The molecule has 0 spiro atoms. The molecule has 2 heterocycles. The van der Waals surface area contributed by atoms with Crippen LogP contribution in [0.5, 0.6) is 0 Å². The first-order valence-electron chi connectivity index (χ1n) is 4.79. The van der Waals surface area contributed by atoms with Gasteiger partial charge in [0.1, 0.15) is 0 Å². The maximum atomic E-state index is 11.4. The highest BCUT2D eigenvalue weighted by molar-refractivity contribution is 7.91. The topological polar surface area (TPSA) is 83.6 Å². The maximum Gasteiger partial charge on any atom is 0.324 e. The normalized spacial score (nSPS) is 30.4. The fourth-order valence-corrected chi connectivity index (χ4v) is 3.68. The Kier molecular flexibility index (Phi) is 2.41. The molecule has 0 aromatic rings. The Morgan fingerprint density at radius 3 is 2.60 bits per heavy atom. The Morgan fingerprint density at radius 1 is 1.33 bits per heavy atom. The van der Waals surface area contributed by atoms with Crippen LogP contribution in [0.2, 0.25) is 0 Å². The van der Waals surface area contributed by atoms with Crippen LogP contribution in [-0.2, 0) is 14.6 Å². The summed E-state index contributed by atoms with van der Waals surface area (Å²) in [4.78, 5) is 23.7. The van der Waals surface area contributed by atoms with Crippen LogP contribution in [0, 0.1) is 0 Å². The van der Waals surface area contributed by atoms with Gasteiger partial charge >= 0.3 is 6.03 Å². The number of amides is 3. The summed E-state index contributed by atoms with van der Waals surface area (Å²) in [7, 11) is -2.99. The first-order valence-corrected chi connectivity index (χ1v) is 6.61. The number of hydrogen-bond acceptors (Lipinski definition) is 4. The molecule has 15 heavy (non-hydrogen) atoms. The van der Waals surface area contributed by atoms with Gasteiger partial charge in [-0.2, -0.15) is 0 Å². The molecule has 2 saturated heterocycles. The van der Waals surface area contributed by atoms with Crippen LogP contribution in [0.15, 0.2) is 0 Å². The predicted octanol–water partition coefficient (Wildman–Crippen LogP) is -0.885. The van der Waals surface area contributed by atoms with Crippen LogP contribution in [0.1, 0.15) is 12.8 Å². The van der Waals surface area contributed by atoms with E-state index in [4.69, 9.17) is 0 Å². The zero-order valence-corrected chi connectivity index (χ0v) is 8.92. The van der Waals surface area contributed by atoms with Gasteiger partial charge in [0.05, 0.1) is 11.5 Å². The van der Waals surface area contributed by atoms with Gasteiger partial charge < -0.3 is 4.90 Å². The molecule has 2 rings (SSSR count). The quantitative estimate of drug-likeness (QED) is 0.636. The minimum absolute atomic E-state index is 0.0224. The highest BCUT2D eigenvalue weighted by atomic mass is 32.2. The molecule has 2 aliphatic heterocycles. The molecule has 0 aromatic carbocycles. The van der Waals surface area contributed by atoms with E-state index in [2.05, 4.69) is 5.32 Å². The summed E-state index contributed by atoms with van der Waals surface area (Å²) >= 11 is 0. The Balaban J connectivity index is 2.06. The largest absolute Gasteiger partial charge is 0.324 e. The third-order valence-corrected chi connectivity index (χ3v) is 4.49. The number of hydrogen-bond donors (Lipinski definition) is 1. The lowest BCUT2D eigenvalue weighted by Gasteiger charge is -2.31. The van der Waals surface area contributed by atoms with Gasteiger partial charge in [0.15, 0.2) is 9.84 Å². The van der Waals surface area contributed by atoms with Gasteiger partial charge in [-0.15, -0.1) is 0 Å². The lowest BCUT2D eigenvalue weighted by atomic mass is 10.2. The van der Waals surface area contributed by atoms with Crippen molar-refractivity contribution in [3.05, 3.63) is 0 Å². The molecular formula is C8H12N2O4S. The standard InChI is InChI=1S/C8H12N2O4S/c11-7-1-3-10(8(12)9-7)6-2-4-15(13,14)5-6/h6H,1-5H2,(H,9,11,12). The molecule has 6 nitrogen and oxygen atoms in total. The number of sulfone groups is 1. The average Bonchev–Trinajstić information content (AvgIpc) is 2.46. The number of rotatable bonds is 1. The molecule has 3 amide bonds. The van der Waals surface area contributed by atoms with Crippen molar-refractivity contribution >= 4 is 21.8 Å². The van der Waals surface area contributed by atoms with Gasteiger partial charge in [-0.3, -0.25) is 10.1 Å². The molecule has 7 heteroatoms. The first-order chi connectivity index (χ1) is 6.98. The SMILES string of the molecule is O=C1CCN(C2CCS(=O)(=O)C2)C(=O)N1. The summed E-state index contributed by atoms with van der Waals surface area (Å²) in [6.07, 6.45) is 0.728. The van der Waals surface area contributed by atoms with Crippen molar-refractivity contribution in [1.82, 2.24) is 10.2 Å². The zero-order valence-electron chi connectivity index (χ0n) is 8.10. The van der Waals surface area contributed by atoms with E-state index in [0.717, 1.165) is 0 Å². The van der Waals surface area contributed by atoms with E-state index in [1.165, 1.54) is 4.90 Å². The Hall–Kier alpha value is -1.11. The zero-order chi connectivity index (χ0) is 11.1. The first kappa shape index (κ1) is 10.4. The van der Waals surface area contributed by atoms with E-state index < -0.39 is 15.9 Å². The third kappa shape index (κ3) is 2.11. The summed E-state index contributed by atoms with van der Waals surface area (Å²) in [5.41, 5.74) is 0. The molecule has 0 bridgehead atoms. The minimum atomic E-state index is -2.99. The minimum Gasteiger partial charge on any atom is -0.320 e. The van der Waals surface area contributed by atoms with Crippen molar-refractivity contribution in [1.29, 1.82) is 0 Å². The van der Waals surface area contributed by atoms with Gasteiger partial charge in [0, 0.05) is 19.0 Å².